The molecule has 0 bridgehead atoms. The molecule has 0 saturated heterocycles. The lowest BCUT2D eigenvalue weighted by Crippen LogP contribution is -2.21. The Morgan fingerprint density at radius 1 is 1.17 bits per heavy atom. The zero-order chi connectivity index (χ0) is 12.8. The standard InChI is InChI=1S/C17H24O/c1-14(12-13-15-8-4-2-5-9-15)16-10-6-3-7-11-17(16)18/h2,4-5,8-9,14,16H,3,6-7,10-13H2,1H3/t14-,16-/m1/s1. The van der Waals surface area contributed by atoms with E-state index in [1.165, 1.54) is 18.4 Å². The molecule has 2 rings (SSSR count). The second-order valence-corrected chi connectivity index (χ2v) is 5.67. The second-order valence-electron chi connectivity index (χ2n) is 5.67. The predicted molar refractivity (Wildman–Crippen MR) is 75.5 cm³/mol. The van der Waals surface area contributed by atoms with Crippen molar-refractivity contribution in [3.8, 4) is 0 Å². The molecular weight excluding hydrogens is 220 g/mol. The molecule has 0 spiro atoms. The number of hydrogen-bond donors (Lipinski definition) is 0. The molecule has 0 heterocycles. The number of Topliss-reactive ketones (excluding diaryl/α,β-unsaturated/α-hetero) is 1. The van der Waals surface area contributed by atoms with E-state index in [-0.39, 0.29) is 0 Å². The lowest BCUT2D eigenvalue weighted by molar-refractivity contribution is -0.124. The van der Waals surface area contributed by atoms with Crippen molar-refractivity contribution >= 4 is 5.78 Å². The van der Waals surface area contributed by atoms with E-state index in [2.05, 4.69) is 37.3 Å². The van der Waals surface area contributed by atoms with Gasteiger partial charge in [0.15, 0.2) is 0 Å². The van der Waals surface area contributed by atoms with Crippen molar-refractivity contribution in [3.63, 3.8) is 0 Å². The number of rotatable bonds is 4. The average Bonchev–Trinajstić information content (AvgIpc) is 2.62. The predicted octanol–water partition coefficient (Wildman–Crippen LogP) is 4.40. The second kappa shape index (κ2) is 6.72. The van der Waals surface area contributed by atoms with Gasteiger partial charge >= 0.3 is 0 Å². The maximum Gasteiger partial charge on any atom is 0.136 e. The number of benzene rings is 1. The Morgan fingerprint density at radius 2 is 1.94 bits per heavy atom. The van der Waals surface area contributed by atoms with Crippen LogP contribution >= 0.6 is 0 Å². The van der Waals surface area contributed by atoms with Crippen LogP contribution < -0.4 is 0 Å². The van der Waals surface area contributed by atoms with Crippen LogP contribution in [-0.2, 0) is 11.2 Å². The Kier molecular flexibility index (Phi) is 4.98. The summed E-state index contributed by atoms with van der Waals surface area (Å²) in [6.07, 6.45) is 7.78. The van der Waals surface area contributed by atoms with E-state index < -0.39 is 0 Å². The van der Waals surface area contributed by atoms with Gasteiger partial charge in [-0.2, -0.15) is 0 Å². The summed E-state index contributed by atoms with van der Waals surface area (Å²) >= 11 is 0. The smallest absolute Gasteiger partial charge is 0.136 e. The molecule has 1 aromatic carbocycles. The van der Waals surface area contributed by atoms with Crippen molar-refractivity contribution in [1.82, 2.24) is 0 Å². The van der Waals surface area contributed by atoms with Crippen molar-refractivity contribution in [2.75, 3.05) is 0 Å². The number of ketones is 1. The van der Waals surface area contributed by atoms with Gasteiger partial charge in [0.25, 0.3) is 0 Å². The van der Waals surface area contributed by atoms with Crippen LogP contribution in [0.25, 0.3) is 0 Å². The van der Waals surface area contributed by atoms with Crippen LogP contribution in [0.4, 0.5) is 0 Å². The monoisotopic (exact) mass is 244 g/mol. The quantitative estimate of drug-likeness (QED) is 0.717. The van der Waals surface area contributed by atoms with Gasteiger partial charge in [0.1, 0.15) is 5.78 Å². The lowest BCUT2D eigenvalue weighted by Gasteiger charge is -2.21. The Bertz CT molecular complexity index is 368. The van der Waals surface area contributed by atoms with Crippen LogP contribution in [0.5, 0.6) is 0 Å². The summed E-state index contributed by atoms with van der Waals surface area (Å²) in [4.78, 5) is 12.1. The number of aryl methyl sites for hydroxylation is 1. The molecule has 0 unspecified atom stereocenters. The minimum absolute atomic E-state index is 0.330. The molecule has 1 saturated carbocycles. The molecule has 1 aliphatic rings. The summed E-state index contributed by atoms with van der Waals surface area (Å²) in [6, 6.07) is 10.6. The van der Waals surface area contributed by atoms with Crippen molar-refractivity contribution < 1.29 is 4.79 Å². The highest BCUT2D eigenvalue weighted by atomic mass is 16.1. The van der Waals surface area contributed by atoms with Crippen molar-refractivity contribution in [2.24, 2.45) is 11.8 Å². The van der Waals surface area contributed by atoms with Crippen LogP contribution in [0.2, 0.25) is 0 Å². The molecule has 1 nitrogen and oxygen atoms in total. The average molecular weight is 244 g/mol. The van der Waals surface area contributed by atoms with Gasteiger partial charge < -0.3 is 0 Å². The molecule has 1 fully saturated rings. The summed E-state index contributed by atoms with van der Waals surface area (Å²) in [5, 5.41) is 0. The first-order chi connectivity index (χ1) is 8.77. The van der Waals surface area contributed by atoms with Crippen LogP contribution in [-0.4, -0.2) is 5.78 Å². The molecule has 18 heavy (non-hydrogen) atoms. The largest absolute Gasteiger partial charge is 0.299 e. The molecule has 1 aliphatic carbocycles. The van der Waals surface area contributed by atoms with Gasteiger partial charge in [-0.15, -0.1) is 0 Å². The molecule has 0 N–H and O–H groups in total. The van der Waals surface area contributed by atoms with Crippen molar-refractivity contribution in [2.45, 2.75) is 51.9 Å². The minimum atomic E-state index is 0.330. The zero-order valence-corrected chi connectivity index (χ0v) is 11.4. The first-order valence-electron chi connectivity index (χ1n) is 7.34. The maximum atomic E-state index is 12.1. The number of carbonyl (C=O) groups excluding carboxylic acids is 1. The van der Waals surface area contributed by atoms with Crippen LogP contribution in [0.3, 0.4) is 0 Å². The third-order valence-electron chi connectivity index (χ3n) is 4.27. The minimum Gasteiger partial charge on any atom is -0.299 e. The highest BCUT2D eigenvalue weighted by Gasteiger charge is 2.25. The first kappa shape index (κ1) is 13.3. The Morgan fingerprint density at radius 3 is 2.72 bits per heavy atom. The van der Waals surface area contributed by atoms with E-state index in [9.17, 15) is 4.79 Å². The normalized spacial score (nSPS) is 22.5. The third-order valence-corrected chi connectivity index (χ3v) is 4.27. The molecule has 98 valence electrons. The topological polar surface area (TPSA) is 17.1 Å². The van der Waals surface area contributed by atoms with Gasteiger partial charge in [0.2, 0.25) is 0 Å². The highest BCUT2D eigenvalue weighted by Crippen LogP contribution is 2.28. The molecule has 0 aliphatic heterocycles. The van der Waals surface area contributed by atoms with E-state index in [4.69, 9.17) is 0 Å². The van der Waals surface area contributed by atoms with Gasteiger partial charge in [-0.1, -0.05) is 50.1 Å². The third kappa shape index (κ3) is 3.69. The van der Waals surface area contributed by atoms with Crippen LogP contribution in [0.1, 0.15) is 51.0 Å². The maximum absolute atomic E-state index is 12.1. The fourth-order valence-electron chi connectivity index (χ4n) is 3.03. The van der Waals surface area contributed by atoms with Crippen LogP contribution in [0.15, 0.2) is 30.3 Å². The zero-order valence-electron chi connectivity index (χ0n) is 11.4. The lowest BCUT2D eigenvalue weighted by atomic mass is 9.83. The molecule has 1 heteroatoms. The highest BCUT2D eigenvalue weighted by molar-refractivity contribution is 5.81. The fraction of sp³-hybridized carbons (Fsp3) is 0.588. The molecular formula is C17H24O. The summed E-state index contributed by atoms with van der Waals surface area (Å²) in [6.45, 7) is 2.26. The van der Waals surface area contributed by atoms with E-state index in [0.29, 0.717) is 17.6 Å². The number of hydrogen-bond acceptors (Lipinski definition) is 1. The van der Waals surface area contributed by atoms with E-state index >= 15 is 0 Å². The van der Waals surface area contributed by atoms with Gasteiger partial charge in [0.05, 0.1) is 0 Å². The first-order valence-corrected chi connectivity index (χ1v) is 7.34. The summed E-state index contributed by atoms with van der Waals surface area (Å²) in [5.41, 5.74) is 1.39. The number of carbonyl (C=O) groups is 1. The summed E-state index contributed by atoms with van der Waals surface area (Å²) in [7, 11) is 0. The van der Waals surface area contributed by atoms with Gasteiger partial charge in [-0.25, -0.2) is 0 Å². The summed E-state index contributed by atoms with van der Waals surface area (Å²) in [5.74, 6) is 1.39. The molecule has 0 radical (unpaired) electrons. The van der Waals surface area contributed by atoms with Gasteiger partial charge in [0, 0.05) is 12.3 Å². The molecule has 0 amide bonds. The van der Waals surface area contributed by atoms with Crippen molar-refractivity contribution in [3.05, 3.63) is 35.9 Å². The Hall–Kier alpha value is -1.11. The van der Waals surface area contributed by atoms with Gasteiger partial charge in [-0.05, 0) is 37.2 Å². The summed E-state index contributed by atoms with van der Waals surface area (Å²) < 4.78 is 0. The Balaban J connectivity index is 1.86. The van der Waals surface area contributed by atoms with Gasteiger partial charge in [-0.3, -0.25) is 4.79 Å². The molecule has 0 aromatic heterocycles. The van der Waals surface area contributed by atoms with Crippen molar-refractivity contribution in [1.29, 1.82) is 0 Å². The van der Waals surface area contributed by atoms with Crippen LogP contribution in [0, 0.1) is 11.8 Å². The Labute approximate surface area is 111 Å². The van der Waals surface area contributed by atoms with E-state index in [0.717, 1.165) is 32.1 Å². The van der Waals surface area contributed by atoms with E-state index in [1.54, 1.807) is 0 Å². The fourth-order valence-corrected chi connectivity index (χ4v) is 3.03. The van der Waals surface area contributed by atoms with E-state index in [1.807, 2.05) is 0 Å². The molecule has 1 aromatic rings. The SMILES string of the molecule is C[C@H](CCc1ccccc1)[C@H]1CCCCCC1=O. The molecule has 2 atom stereocenters.